The number of benzene rings is 1. The maximum Gasteiger partial charge on any atom is 0.412 e. The van der Waals surface area contributed by atoms with Crippen molar-refractivity contribution < 1.29 is 18.7 Å². The van der Waals surface area contributed by atoms with Crippen molar-refractivity contribution in [3.63, 3.8) is 0 Å². The highest BCUT2D eigenvalue weighted by Gasteiger charge is 2.14. The fourth-order valence-electron chi connectivity index (χ4n) is 2.73. The summed E-state index contributed by atoms with van der Waals surface area (Å²) in [5.41, 5.74) is 6.72. The van der Waals surface area contributed by atoms with Crippen molar-refractivity contribution >= 4 is 11.9 Å². The van der Waals surface area contributed by atoms with Gasteiger partial charge in [-0.25, -0.2) is 14.2 Å². The SMILES string of the molecule is CC.COC(=O)Nc1cc(-c2ccc(OCC(C)CC(C)N)c(C#N)c2)c(F)cn1. The monoisotopic (exact) mass is 416 g/mol. The average Bonchev–Trinajstić information content (AvgIpc) is 2.74. The number of aromatic nitrogens is 1. The highest BCUT2D eigenvalue weighted by atomic mass is 19.1. The number of methoxy groups -OCH3 is 1. The van der Waals surface area contributed by atoms with Gasteiger partial charge in [0.05, 0.1) is 25.5 Å². The Morgan fingerprint density at radius 2 is 2.03 bits per heavy atom. The second-order valence-electron chi connectivity index (χ2n) is 6.62. The van der Waals surface area contributed by atoms with E-state index < -0.39 is 11.9 Å². The number of nitrogens with two attached hydrogens (primary N) is 1. The maximum absolute atomic E-state index is 14.3. The number of pyridine rings is 1. The molecule has 2 unspecified atom stereocenters. The van der Waals surface area contributed by atoms with Crippen molar-refractivity contribution in [3.8, 4) is 22.9 Å². The molecule has 0 aliphatic heterocycles. The van der Waals surface area contributed by atoms with Gasteiger partial charge in [-0.15, -0.1) is 0 Å². The summed E-state index contributed by atoms with van der Waals surface area (Å²) >= 11 is 0. The smallest absolute Gasteiger partial charge is 0.412 e. The number of nitrogens with zero attached hydrogens (tertiary/aromatic N) is 2. The van der Waals surface area contributed by atoms with E-state index in [4.69, 9.17) is 10.5 Å². The van der Waals surface area contributed by atoms with Gasteiger partial charge < -0.3 is 15.2 Å². The Hall–Kier alpha value is -3.18. The number of carbonyl (C=O) groups excluding carboxylic acids is 1. The molecule has 0 aliphatic carbocycles. The number of halogens is 1. The number of nitriles is 1. The quantitative estimate of drug-likeness (QED) is 0.676. The van der Waals surface area contributed by atoms with Crippen molar-refractivity contribution in [2.75, 3.05) is 19.0 Å². The lowest BCUT2D eigenvalue weighted by atomic mass is 10.0. The van der Waals surface area contributed by atoms with E-state index in [1.807, 2.05) is 27.7 Å². The van der Waals surface area contributed by atoms with Crippen LogP contribution in [0.25, 0.3) is 11.1 Å². The van der Waals surface area contributed by atoms with E-state index in [0.29, 0.717) is 17.9 Å². The molecule has 2 rings (SSSR count). The van der Waals surface area contributed by atoms with E-state index >= 15 is 0 Å². The van der Waals surface area contributed by atoms with Crippen LogP contribution in [0.4, 0.5) is 15.0 Å². The fraction of sp³-hybridized carbons (Fsp3) is 0.409. The Balaban J connectivity index is 0.00000218. The summed E-state index contributed by atoms with van der Waals surface area (Å²) in [7, 11) is 1.22. The van der Waals surface area contributed by atoms with Crippen LogP contribution in [0.2, 0.25) is 0 Å². The van der Waals surface area contributed by atoms with Crippen LogP contribution in [0.1, 0.15) is 39.7 Å². The first-order valence-corrected chi connectivity index (χ1v) is 9.77. The molecule has 0 radical (unpaired) electrons. The summed E-state index contributed by atoms with van der Waals surface area (Å²) in [6.45, 7) is 8.37. The lowest BCUT2D eigenvalue weighted by Gasteiger charge is -2.16. The van der Waals surface area contributed by atoms with Crippen molar-refractivity contribution in [2.45, 2.75) is 40.2 Å². The zero-order valence-corrected chi connectivity index (χ0v) is 18.0. The average molecular weight is 416 g/mol. The first kappa shape index (κ1) is 24.9. The number of rotatable bonds is 7. The molecule has 1 aromatic carbocycles. The van der Waals surface area contributed by atoms with Gasteiger partial charge >= 0.3 is 6.09 Å². The minimum atomic E-state index is -0.715. The standard InChI is InChI=1S/C20H23FN4O3.C2H6/c1-12(6-13(2)23)11-28-18-5-4-14(7-15(18)9-22)16-8-19(24-10-17(16)21)25-20(26)27-3;1-2/h4-5,7-8,10,12-13H,6,11,23H2,1-3H3,(H,24,25,26);1-2H3. The van der Waals surface area contributed by atoms with Crippen LogP contribution < -0.4 is 15.8 Å². The molecular weight excluding hydrogens is 387 g/mol. The molecule has 30 heavy (non-hydrogen) atoms. The van der Waals surface area contributed by atoms with E-state index in [-0.39, 0.29) is 28.9 Å². The van der Waals surface area contributed by atoms with Gasteiger partial charge in [0, 0.05) is 11.6 Å². The molecule has 0 fully saturated rings. The van der Waals surface area contributed by atoms with Crippen LogP contribution in [0.3, 0.4) is 0 Å². The highest BCUT2D eigenvalue weighted by Crippen LogP contribution is 2.29. The lowest BCUT2D eigenvalue weighted by Crippen LogP contribution is -2.21. The van der Waals surface area contributed by atoms with E-state index in [1.165, 1.54) is 19.2 Å². The third kappa shape index (κ3) is 7.33. The second kappa shape index (κ2) is 12.4. The summed E-state index contributed by atoms with van der Waals surface area (Å²) < 4.78 is 24.5. The van der Waals surface area contributed by atoms with Crippen molar-refractivity contribution in [1.29, 1.82) is 5.26 Å². The van der Waals surface area contributed by atoms with Crippen LogP contribution in [0.15, 0.2) is 30.5 Å². The number of hydrogen-bond donors (Lipinski definition) is 2. The molecular formula is C22H29FN4O3. The molecule has 7 nitrogen and oxygen atoms in total. The molecule has 2 aromatic rings. The van der Waals surface area contributed by atoms with Gasteiger partial charge in [-0.2, -0.15) is 5.26 Å². The summed E-state index contributed by atoms with van der Waals surface area (Å²) in [4.78, 5) is 15.1. The van der Waals surface area contributed by atoms with E-state index in [9.17, 15) is 14.4 Å². The first-order chi connectivity index (χ1) is 14.3. The highest BCUT2D eigenvalue weighted by molar-refractivity contribution is 5.84. The summed E-state index contributed by atoms with van der Waals surface area (Å²) in [6.07, 6.45) is 1.08. The molecule has 2 atom stereocenters. The molecule has 3 N–H and O–H groups in total. The van der Waals surface area contributed by atoms with Crippen LogP contribution in [-0.4, -0.2) is 30.8 Å². The van der Waals surface area contributed by atoms with Crippen LogP contribution in [0.5, 0.6) is 5.75 Å². The number of anilines is 1. The molecule has 0 aliphatic rings. The fourth-order valence-corrected chi connectivity index (χ4v) is 2.73. The van der Waals surface area contributed by atoms with Crippen molar-refractivity contribution in [2.24, 2.45) is 11.7 Å². The molecule has 8 heteroatoms. The van der Waals surface area contributed by atoms with Gasteiger partial charge in [-0.3, -0.25) is 5.32 Å². The minimum Gasteiger partial charge on any atom is -0.492 e. The Labute approximate surface area is 177 Å². The molecule has 1 amide bonds. The van der Waals surface area contributed by atoms with Gasteiger partial charge in [0.1, 0.15) is 23.5 Å². The van der Waals surface area contributed by atoms with Crippen LogP contribution in [-0.2, 0) is 4.74 Å². The normalized spacial score (nSPS) is 11.9. The second-order valence-corrected chi connectivity index (χ2v) is 6.62. The van der Waals surface area contributed by atoms with Gasteiger partial charge in [-0.1, -0.05) is 26.8 Å². The number of ether oxygens (including phenoxy) is 2. The predicted molar refractivity (Wildman–Crippen MR) is 115 cm³/mol. The molecule has 0 saturated heterocycles. The predicted octanol–water partition coefficient (Wildman–Crippen LogP) is 4.72. The number of amides is 1. The summed E-state index contributed by atoms with van der Waals surface area (Å²) in [6, 6.07) is 8.31. The molecule has 0 saturated carbocycles. The Bertz CT molecular complexity index is 881. The van der Waals surface area contributed by atoms with Gasteiger partial charge in [-0.05, 0) is 43.0 Å². The summed E-state index contributed by atoms with van der Waals surface area (Å²) in [5, 5.41) is 11.8. The van der Waals surface area contributed by atoms with E-state index in [1.54, 1.807) is 12.1 Å². The third-order valence-electron chi connectivity index (χ3n) is 3.98. The molecule has 1 aromatic heterocycles. The largest absolute Gasteiger partial charge is 0.492 e. The number of nitrogens with one attached hydrogen (secondary N) is 1. The zero-order valence-electron chi connectivity index (χ0n) is 18.0. The Kier molecular flexibility index (Phi) is 10.3. The molecule has 0 spiro atoms. The van der Waals surface area contributed by atoms with Gasteiger partial charge in [0.2, 0.25) is 0 Å². The molecule has 162 valence electrons. The topological polar surface area (TPSA) is 110 Å². The Morgan fingerprint density at radius 3 is 2.63 bits per heavy atom. The number of hydrogen-bond acceptors (Lipinski definition) is 6. The summed E-state index contributed by atoms with van der Waals surface area (Å²) in [5.74, 6) is 0.200. The first-order valence-electron chi connectivity index (χ1n) is 9.77. The van der Waals surface area contributed by atoms with Crippen LogP contribution >= 0.6 is 0 Å². The number of carbonyl (C=O) groups is 1. The van der Waals surface area contributed by atoms with E-state index in [0.717, 1.165) is 12.6 Å². The van der Waals surface area contributed by atoms with Gasteiger partial charge in [0.15, 0.2) is 0 Å². The maximum atomic E-state index is 14.3. The Morgan fingerprint density at radius 1 is 1.33 bits per heavy atom. The molecule has 0 bridgehead atoms. The third-order valence-corrected chi connectivity index (χ3v) is 3.98. The van der Waals surface area contributed by atoms with Crippen molar-refractivity contribution in [3.05, 3.63) is 41.8 Å². The lowest BCUT2D eigenvalue weighted by molar-refractivity contribution is 0.187. The van der Waals surface area contributed by atoms with Crippen LogP contribution in [0, 0.1) is 23.1 Å². The minimum absolute atomic E-state index is 0.0684. The van der Waals surface area contributed by atoms with Gasteiger partial charge in [0.25, 0.3) is 0 Å². The zero-order chi connectivity index (χ0) is 22.7. The molecule has 1 heterocycles. The van der Waals surface area contributed by atoms with Crippen molar-refractivity contribution in [1.82, 2.24) is 4.98 Å². The van der Waals surface area contributed by atoms with E-state index in [2.05, 4.69) is 21.1 Å².